The predicted molar refractivity (Wildman–Crippen MR) is 565 cm³/mol. The van der Waals surface area contributed by atoms with E-state index in [9.17, 15) is 10.5 Å². The van der Waals surface area contributed by atoms with Crippen molar-refractivity contribution in [3.63, 3.8) is 0 Å². The average Bonchev–Trinajstić information content (AvgIpc) is 0.703. The molecule has 2 aliphatic rings. The highest BCUT2D eigenvalue weighted by Crippen LogP contribution is 2.59. The zero-order chi connectivity index (χ0) is 93.2. The maximum atomic E-state index is 9.60. The molecule has 2 aromatic heterocycles. The van der Waals surface area contributed by atoms with Gasteiger partial charge in [-0.3, -0.25) is 0 Å². The van der Waals surface area contributed by atoms with Gasteiger partial charge in [-0.15, -0.1) is 0 Å². The average molecular weight is 1790 g/mol. The van der Waals surface area contributed by atoms with Crippen LogP contribution in [0.5, 0.6) is 23.0 Å². The highest BCUT2D eigenvalue weighted by molar-refractivity contribution is 6.27. The molecule has 0 saturated carbocycles. The van der Waals surface area contributed by atoms with E-state index in [1.807, 2.05) is 36.4 Å². The second-order valence-electron chi connectivity index (χ2n) is 35.6. The molecule has 22 aromatic carbocycles. The van der Waals surface area contributed by atoms with E-state index in [1.54, 1.807) is 24.3 Å². The molecule has 4 heterocycles. The molecule has 0 spiro atoms. The molecule has 26 rings (SSSR count). The van der Waals surface area contributed by atoms with E-state index in [4.69, 9.17) is 39.4 Å². The summed E-state index contributed by atoms with van der Waals surface area (Å²) in [6, 6.07) is 174. The van der Waals surface area contributed by atoms with Crippen molar-refractivity contribution >= 4 is 64.6 Å². The van der Waals surface area contributed by atoms with Gasteiger partial charge in [0.15, 0.2) is 34.9 Å². The van der Waals surface area contributed by atoms with E-state index >= 15 is 0 Å². The maximum Gasteiger partial charge on any atom is 0.164 e. The quantitative estimate of drug-likeness (QED) is 0.0965. The Morgan fingerprint density at radius 1 is 0.157 bits per heavy atom. The molecule has 0 unspecified atom stereocenters. The summed E-state index contributed by atoms with van der Waals surface area (Å²) in [5.74, 6) is 6.66. The monoisotopic (exact) mass is 1780 g/mol. The first kappa shape index (κ1) is 82.9. The Balaban J connectivity index is 0.000000148. The molecule has 0 atom stereocenters. The Hall–Kier alpha value is -19.0. The van der Waals surface area contributed by atoms with Crippen molar-refractivity contribution in [1.82, 2.24) is 29.9 Å². The number of para-hydroxylation sites is 2. The van der Waals surface area contributed by atoms with Crippen molar-refractivity contribution in [1.29, 1.82) is 10.5 Å². The Bertz CT molecular complexity index is 9010. The van der Waals surface area contributed by atoms with Gasteiger partial charge in [0, 0.05) is 55.6 Å². The second-order valence-corrected chi connectivity index (χ2v) is 35.6. The molecule has 0 saturated heterocycles. The third kappa shape index (κ3) is 14.4. The minimum absolute atomic E-state index is 0.529. The molecular weight excluding hydrogens is 1710 g/mol. The molecular formula is C130H80N8O2. The van der Waals surface area contributed by atoms with E-state index in [-0.39, 0.29) is 0 Å². The Kier molecular flexibility index (Phi) is 20.6. The van der Waals surface area contributed by atoms with Gasteiger partial charge >= 0.3 is 0 Å². The van der Waals surface area contributed by atoms with Crippen LogP contribution in [-0.2, 0) is 10.8 Å². The number of ether oxygens (including phenoxy) is 2. The number of nitriles is 2. The zero-order valence-corrected chi connectivity index (χ0v) is 75.6. The van der Waals surface area contributed by atoms with E-state index in [1.165, 1.54) is 76.1 Å². The van der Waals surface area contributed by atoms with Gasteiger partial charge in [-0.1, -0.05) is 370 Å². The lowest BCUT2D eigenvalue weighted by Gasteiger charge is -2.41. The summed E-state index contributed by atoms with van der Waals surface area (Å²) < 4.78 is 13.6. The third-order valence-corrected chi connectivity index (χ3v) is 27.7. The van der Waals surface area contributed by atoms with Crippen LogP contribution in [0.1, 0.15) is 55.6 Å². The van der Waals surface area contributed by atoms with Crippen LogP contribution >= 0.6 is 0 Å². The molecule has 24 aromatic rings. The summed E-state index contributed by atoms with van der Waals surface area (Å²) >= 11 is 0. The van der Waals surface area contributed by atoms with Crippen LogP contribution in [0.2, 0.25) is 0 Å². The lowest BCUT2D eigenvalue weighted by atomic mass is 9.63. The molecule has 140 heavy (non-hydrogen) atoms. The number of hydrogen-bond donors (Lipinski definition) is 0. The lowest BCUT2D eigenvalue weighted by Crippen LogP contribution is -2.34. The number of hydrogen-bond acceptors (Lipinski definition) is 10. The molecule has 0 N–H and O–H groups in total. The first-order chi connectivity index (χ1) is 69.2. The normalized spacial score (nSPS) is 12.5. The Morgan fingerprint density at radius 3 is 0.750 bits per heavy atom. The highest BCUT2D eigenvalue weighted by Gasteiger charge is 2.47. The van der Waals surface area contributed by atoms with Crippen LogP contribution in [0.4, 0.5) is 0 Å². The Morgan fingerprint density at radius 2 is 0.393 bits per heavy atom. The van der Waals surface area contributed by atoms with Crippen molar-refractivity contribution in [2.45, 2.75) is 10.8 Å². The molecule has 10 nitrogen and oxygen atoms in total. The second kappa shape index (κ2) is 34.8. The number of fused-ring (bicyclic) bond motifs is 16. The van der Waals surface area contributed by atoms with Gasteiger partial charge in [0.05, 0.1) is 34.1 Å². The molecule has 2 aliphatic heterocycles. The van der Waals surface area contributed by atoms with Crippen LogP contribution in [0, 0.1) is 22.7 Å². The van der Waals surface area contributed by atoms with Gasteiger partial charge in [-0.05, 0) is 247 Å². The largest absolute Gasteiger partial charge is 0.457 e. The summed E-state index contributed by atoms with van der Waals surface area (Å²) in [7, 11) is 0. The van der Waals surface area contributed by atoms with Crippen molar-refractivity contribution < 1.29 is 9.47 Å². The molecule has 10 heteroatoms. The van der Waals surface area contributed by atoms with Crippen LogP contribution in [0.25, 0.3) is 177 Å². The van der Waals surface area contributed by atoms with Crippen molar-refractivity contribution in [3.05, 3.63) is 541 Å². The summed E-state index contributed by atoms with van der Waals surface area (Å²) in [6.45, 7) is 0. The van der Waals surface area contributed by atoms with Crippen molar-refractivity contribution in [2.24, 2.45) is 0 Å². The van der Waals surface area contributed by atoms with Crippen molar-refractivity contribution in [3.8, 4) is 148 Å². The fourth-order valence-electron chi connectivity index (χ4n) is 21.2. The van der Waals surface area contributed by atoms with Gasteiger partial charge < -0.3 is 9.47 Å². The van der Waals surface area contributed by atoms with E-state index in [0.717, 1.165) is 134 Å². The minimum Gasteiger partial charge on any atom is -0.457 e. The third-order valence-electron chi connectivity index (χ3n) is 27.7. The summed E-state index contributed by atoms with van der Waals surface area (Å²) in [6.07, 6.45) is 0. The smallest absolute Gasteiger partial charge is 0.164 e. The number of nitrogens with zero attached hydrogens (tertiary/aromatic N) is 8. The standard InChI is InChI=1S/2C65H40N4O/c66-41-42-29-31-43(32-30-42)62-67-63(69-64(68-62)49-33-35-56-54-25-8-7-23-52(54)53-24-9-10-26-55(53)57(56)39-49)48-18-14-17-46(38-48)44-15-13-16-45(37-44)47-34-36-61-59(40-47)65(50-19-3-1-4-20-50,51-21-5-2-6-22-51)58-27-11-12-28-60(58)70-61;66-41-42-29-31-43(32-30-42)62-67-63(69-64(68-62)49-33-35-56-54-25-8-7-23-52(54)53-24-9-10-26-55(53)57(56)39-49)48-18-14-17-46(38-48)44-15-13-16-45(37-44)47-34-36-59-61(40-47)70-60-28-12-11-27-58(60)65(59,50-19-3-1-4-20-50)51-21-5-2-6-22-51/h2*1-40H. The van der Waals surface area contributed by atoms with Crippen LogP contribution < -0.4 is 9.47 Å². The predicted octanol–water partition coefficient (Wildman–Crippen LogP) is 32.1. The molecule has 0 amide bonds. The molecule has 0 bridgehead atoms. The Labute approximate surface area is 808 Å². The molecule has 0 aliphatic carbocycles. The van der Waals surface area contributed by atoms with Crippen LogP contribution in [0.3, 0.4) is 0 Å². The van der Waals surface area contributed by atoms with E-state index < -0.39 is 10.8 Å². The van der Waals surface area contributed by atoms with Gasteiger partial charge in [0.1, 0.15) is 23.0 Å². The minimum atomic E-state index is -0.621. The van der Waals surface area contributed by atoms with E-state index in [0.29, 0.717) is 46.1 Å². The van der Waals surface area contributed by atoms with Crippen LogP contribution in [0.15, 0.2) is 485 Å². The topological polar surface area (TPSA) is 143 Å². The number of benzene rings is 22. The fraction of sp³-hybridized carbons (Fsp3) is 0.0154. The fourth-order valence-corrected chi connectivity index (χ4v) is 21.2. The summed E-state index contributed by atoms with van der Waals surface area (Å²) in [5, 5.41) is 33.5. The maximum absolute atomic E-state index is 9.60. The lowest BCUT2D eigenvalue weighted by molar-refractivity contribution is 0.434. The molecule has 652 valence electrons. The summed E-state index contributed by atoms with van der Waals surface area (Å²) in [4.78, 5) is 30.8. The van der Waals surface area contributed by atoms with E-state index in [2.05, 4.69) is 437 Å². The molecule has 0 fully saturated rings. The SMILES string of the molecule is N#Cc1ccc(-c2nc(-c3cccc(-c4cccc(-c5ccc6c(c5)C(c5ccccc5)(c5ccccc5)c5ccccc5O6)c4)c3)nc(-c3ccc4c5ccccc5c5ccccc5c4c3)n2)cc1.N#Cc1ccc(-c2nc(-c3cccc(-c4cccc(-c5ccc6c(c5)Oc5ccccc5C6(c5ccccc5)c5ccccc5)c4)c3)nc(-c3ccc4c5ccccc5c5ccccc5c4c3)n2)cc1. The summed E-state index contributed by atoms with van der Waals surface area (Å²) in [5.41, 5.74) is 22.6. The zero-order valence-electron chi connectivity index (χ0n) is 75.6. The van der Waals surface area contributed by atoms with Crippen molar-refractivity contribution in [2.75, 3.05) is 0 Å². The molecule has 0 radical (unpaired) electrons. The number of rotatable bonds is 14. The van der Waals surface area contributed by atoms with Gasteiger partial charge in [-0.25, -0.2) is 29.9 Å². The van der Waals surface area contributed by atoms with Gasteiger partial charge in [-0.2, -0.15) is 10.5 Å². The highest BCUT2D eigenvalue weighted by atomic mass is 16.5. The first-order valence-electron chi connectivity index (χ1n) is 46.9. The van der Waals surface area contributed by atoms with Gasteiger partial charge in [0.2, 0.25) is 0 Å². The van der Waals surface area contributed by atoms with Gasteiger partial charge in [0.25, 0.3) is 0 Å². The first-order valence-corrected chi connectivity index (χ1v) is 46.9. The number of aromatic nitrogens is 6. The van der Waals surface area contributed by atoms with Crippen LogP contribution in [-0.4, -0.2) is 29.9 Å².